The van der Waals surface area contributed by atoms with E-state index in [0.717, 1.165) is 0 Å². The van der Waals surface area contributed by atoms with Gasteiger partial charge in [0.05, 0.1) is 11.1 Å². The first kappa shape index (κ1) is 16.4. The number of hydrogen-bond donors (Lipinski definition) is 1. The molecule has 11 heteroatoms. The van der Waals surface area contributed by atoms with Crippen LogP contribution in [0, 0.1) is 5.41 Å². The third-order valence-electron chi connectivity index (χ3n) is 2.89. The van der Waals surface area contributed by atoms with Crippen LogP contribution in [0.3, 0.4) is 0 Å². The topological polar surface area (TPSA) is 46.0 Å². The quantitative estimate of drug-likeness (QED) is 0.856. The molecular weight excluding hydrogens is 328 g/mol. The Morgan fingerprint density at radius 1 is 1.32 bits per heavy atom. The number of rotatable bonds is 3. The Morgan fingerprint density at radius 2 is 1.91 bits per heavy atom. The van der Waals surface area contributed by atoms with Crippen LogP contribution in [0.2, 0.25) is 0 Å². The Kier molecular flexibility index (Phi) is 3.78. The van der Waals surface area contributed by atoms with Crippen molar-refractivity contribution in [2.24, 2.45) is 0 Å². The molecule has 0 saturated heterocycles. The summed E-state index contributed by atoms with van der Waals surface area (Å²) in [6, 6.07) is 0. The molecule has 1 unspecified atom stereocenters. The highest BCUT2D eigenvalue weighted by Gasteiger charge is 2.58. The van der Waals surface area contributed by atoms with Crippen molar-refractivity contribution < 1.29 is 39.9 Å². The lowest BCUT2D eigenvalue weighted by molar-refractivity contribution is -0.138. The summed E-state index contributed by atoms with van der Waals surface area (Å²) in [7, 11) is 0. The molecule has 122 valence electrons. The number of hydrogen-bond acceptors (Lipinski definition) is 3. The van der Waals surface area contributed by atoms with Gasteiger partial charge < -0.3 is 4.74 Å². The molecule has 0 amide bonds. The maximum atomic E-state index is 13.7. The molecule has 0 aromatic carbocycles. The minimum atomic E-state index is -5.18. The Hall–Kier alpha value is -1.94. The van der Waals surface area contributed by atoms with E-state index in [-0.39, 0.29) is 6.20 Å². The van der Waals surface area contributed by atoms with Gasteiger partial charge in [0.2, 0.25) is 12.1 Å². The van der Waals surface area contributed by atoms with E-state index in [1.807, 2.05) is 0 Å². The van der Waals surface area contributed by atoms with Gasteiger partial charge in [0, 0.05) is 11.8 Å². The number of pyridine rings is 1. The second kappa shape index (κ2) is 5.06. The molecule has 1 heterocycles. The van der Waals surface area contributed by atoms with Gasteiger partial charge in [-0.2, -0.15) is 22.0 Å². The van der Waals surface area contributed by atoms with E-state index in [9.17, 15) is 35.1 Å². The Labute approximate surface area is 117 Å². The lowest BCUT2D eigenvalue weighted by Crippen LogP contribution is -2.27. The van der Waals surface area contributed by atoms with Crippen molar-refractivity contribution in [3.63, 3.8) is 0 Å². The number of ether oxygens (including phenoxy) is 1. The average molecular weight is 334 g/mol. The fourth-order valence-electron chi connectivity index (χ4n) is 1.96. The van der Waals surface area contributed by atoms with E-state index >= 15 is 0 Å². The second-order valence-electron chi connectivity index (χ2n) is 4.33. The fraction of sp³-hybridized carbons (Fsp3) is 0.455. The number of alkyl halides is 8. The highest BCUT2D eigenvalue weighted by Crippen LogP contribution is 2.51. The first-order valence-corrected chi connectivity index (χ1v) is 5.60. The smallest absolute Gasteiger partial charge is 0.418 e. The second-order valence-corrected chi connectivity index (χ2v) is 4.33. The van der Waals surface area contributed by atoms with E-state index in [4.69, 9.17) is 5.41 Å². The zero-order chi connectivity index (χ0) is 16.9. The minimum absolute atomic E-state index is 0.0439. The molecule has 22 heavy (non-hydrogen) atoms. The summed E-state index contributed by atoms with van der Waals surface area (Å²) in [5.74, 6) is -5.65. The molecule has 0 fully saturated rings. The normalized spacial score (nSPS) is 20.4. The van der Waals surface area contributed by atoms with Crippen LogP contribution < -0.4 is 4.74 Å². The van der Waals surface area contributed by atoms with Crippen LogP contribution in [0.4, 0.5) is 35.1 Å². The molecule has 0 aliphatic heterocycles. The molecular formula is C11H6F8N2O. The Bertz CT molecular complexity index is 613. The molecule has 1 N–H and O–H groups in total. The first-order valence-electron chi connectivity index (χ1n) is 5.60. The van der Waals surface area contributed by atoms with Gasteiger partial charge >= 0.3 is 12.1 Å². The van der Waals surface area contributed by atoms with E-state index in [2.05, 4.69) is 9.72 Å². The van der Waals surface area contributed by atoms with Gasteiger partial charge in [-0.1, -0.05) is 0 Å². The maximum Gasteiger partial charge on any atom is 0.418 e. The number of fused-ring (bicyclic) bond motifs is 1. The third-order valence-corrected chi connectivity index (χ3v) is 2.89. The third kappa shape index (κ3) is 2.48. The number of halogens is 8. The highest BCUT2D eigenvalue weighted by atomic mass is 19.4. The molecule has 1 aliphatic rings. The lowest BCUT2D eigenvalue weighted by atomic mass is 10.0. The molecule has 0 bridgehead atoms. The molecule has 0 saturated carbocycles. The van der Waals surface area contributed by atoms with Gasteiger partial charge in [-0.25, -0.2) is 18.2 Å². The molecule has 1 atom stereocenters. The van der Waals surface area contributed by atoms with E-state index < -0.39 is 59.6 Å². The SMILES string of the molecule is N=C1c2c(C(F)(F)F)cnc(OCC(F)F)c2C(F)C1(F)F. The van der Waals surface area contributed by atoms with Crippen LogP contribution in [-0.2, 0) is 6.18 Å². The van der Waals surface area contributed by atoms with Crippen LogP contribution in [-0.4, -0.2) is 29.7 Å². The highest BCUT2D eigenvalue weighted by molar-refractivity contribution is 6.10. The summed E-state index contributed by atoms with van der Waals surface area (Å²) in [6.45, 7) is -1.36. The molecule has 0 spiro atoms. The van der Waals surface area contributed by atoms with Gasteiger partial charge in [-0.05, 0) is 0 Å². The predicted octanol–water partition coefficient (Wildman–Crippen LogP) is 3.77. The zero-order valence-corrected chi connectivity index (χ0v) is 10.3. The monoisotopic (exact) mass is 334 g/mol. The first-order chi connectivity index (χ1) is 9.98. The van der Waals surface area contributed by atoms with Gasteiger partial charge in [0.25, 0.3) is 6.43 Å². The summed E-state index contributed by atoms with van der Waals surface area (Å²) < 4.78 is 107. The van der Waals surface area contributed by atoms with Crippen LogP contribution in [0.5, 0.6) is 5.88 Å². The van der Waals surface area contributed by atoms with Crippen molar-refractivity contribution in [3.8, 4) is 5.88 Å². The summed E-state index contributed by atoms with van der Waals surface area (Å²) in [5.41, 5.74) is -6.42. The zero-order valence-electron chi connectivity index (χ0n) is 10.3. The van der Waals surface area contributed by atoms with Gasteiger partial charge in [-0.15, -0.1) is 0 Å². The fourth-order valence-corrected chi connectivity index (χ4v) is 1.96. The van der Waals surface area contributed by atoms with Crippen molar-refractivity contribution >= 4 is 5.71 Å². The molecule has 1 aliphatic carbocycles. The van der Waals surface area contributed by atoms with E-state index in [0.29, 0.717) is 0 Å². The van der Waals surface area contributed by atoms with Crippen LogP contribution in [0.1, 0.15) is 22.9 Å². The Balaban J connectivity index is 2.64. The van der Waals surface area contributed by atoms with Crippen molar-refractivity contribution in [2.75, 3.05) is 6.61 Å². The van der Waals surface area contributed by atoms with E-state index in [1.165, 1.54) is 0 Å². The van der Waals surface area contributed by atoms with Crippen LogP contribution in [0.25, 0.3) is 0 Å². The number of nitrogens with one attached hydrogen (secondary N) is 1. The molecule has 0 radical (unpaired) electrons. The van der Waals surface area contributed by atoms with Crippen molar-refractivity contribution in [3.05, 3.63) is 22.9 Å². The average Bonchev–Trinajstić information content (AvgIpc) is 2.57. The summed E-state index contributed by atoms with van der Waals surface area (Å²) in [5, 5.41) is 7.08. The molecule has 2 rings (SSSR count). The maximum absolute atomic E-state index is 13.7. The Morgan fingerprint density at radius 3 is 2.41 bits per heavy atom. The number of aromatic nitrogens is 1. The molecule has 1 aromatic heterocycles. The largest absolute Gasteiger partial charge is 0.471 e. The lowest BCUT2D eigenvalue weighted by Gasteiger charge is -2.14. The van der Waals surface area contributed by atoms with Crippen LogP contribution >= 0.6 is 0 Å². The predicted molar refractivity (Wildman–Crippen MR) is 56.4 cm³/mol. The molecule has 3 nitrogen and oxygen atoms in total. The standard InChI is InChI=1S/C11H6F8N2O/c12-4(13)2-22-9-6-5(3(1-21-9)11(17,18)19)8(20)10(15,16)7(6)14/h1,4,7,20H,2H2. The van der Waals surface area contributed by atoms with Crippen molar-refractivity contribution in [1.29, 1.82) is 5.41 Å². The summed E-state index contributed by atoms with van der Waals surface area (Å²) >= 11 is 0. The summed E-state index contributed by atoms with van der Waals surface area (Å²) in [4.78, 5) is 2.99. The van der Waals surface area contributed by atoms with Crippen molar-refractivity contribution in [1.82, 2.24) is 4.98 Å². The van der Waals surface area contributed by atoms with Gasteiger partial charge in [0.15, 0.2) is 6.61 Å². The minimum Gasteiger partial charge on any atom is -0.471 e. The van der Waals surface area contributed by atoms with Gasteiger partial charge in [0.1, 0.15) is 5.71 Å². The number of nitrogens with zero attached hydrogens (tertiary/aromatic N) is 1. The van der Waals surface area contributed by atoms with Crippen molar-refractivity contribution in [2.45, 2.75) is 24.7 Å². The van der Waals surface area contributed by atoms with Crippen LogP contribution in [0.15, 0.2) is 6.20 Å². The summed E-state index contributed by atoms with van der Waals surface area (Å²) in [6.07, 6.45) is -11.5. The van der Waals surface area contributed by atoms with E-state index in [1.54, 1.807) is 0 Å². The van der Waals surface area contributed by atoms with Gasteiger partial charge in [-0.3, -0.25) is 5.41 Å². The molecule has 1 aromatic rings.